The van der Waals surface area contributed by atoms with Crippen molar-refractivity contribution in [3.63, 3.8) is 0 Å². The van der Waals surface area contributed by atoms with Gasteiger partial charge < -0.3 is 10.2 Å². The molecule has 2 nitrogen and oxygen atoms in total. The van der Waals surface area contributed by atoms with E-state index in [1.54, 1.807) is 11.8 Å². The number of benzene rings is 1. The van der Waals surface area contributed by atoms with Crippen molar-refractivity contribution in [3.05, 3.63) is 24.3 Å². The summed E-state index contributed by atoms with van der Waals surface area (Å²) in [5, 5.41) is 3.53. The van der Waals surface area contributed by atoms with E-state index in [-0.39, 0.29) is 0 Å². The molecule has 1 heterocycles. The highest BCUT2D eigenvalue weighted by atomic mass is 32.2. The number of nitrogens with one attached hydrogen (secondary N) is 1. The maximum Gasteiger partial charge on any atom is 0.0364 e. The summed E-state index contributed by atoms with van der Waals surface area (Å²) in [6.07, 6.45) is 4.75. The standard InChI is InChI=1S/C13H20N2S/c1-15(10-11-4-3-9-14-11)12-5-7-13(16-2)8-6-12/h5-8,11,14H,3-4,9-10H2,1-2H3. The van der Waals surface area contributed by atoms with Gasteiger partial charge in [0.2, 0.25) is 0 Å². The minimum atomic E-state index is 0.672. The minimum Gasteiger partial charge on any atom is -0.373 e. The predicted molar refractivity (Wildman–Crippen MR) is 72.5 cm³/mol. The molecule has 0 amide bonds. The number of hydrogen-bond acceptors (Lipinski definition) is 3. The molecular weight excluding hydrogens is 216 g/mol. The molecule has 16 heavy (non-hydrogen) atoms. The second-order valence-corrected chi connectivity index (χ2v) is 5.25. The zero-order valence-corrected chi connectivity index (χ0v) is 10.9. The van der Waals surface area contributed by atoms with Gasteiger partial charge in [0.1, 0.15) is 0 Å². The van der Waals surface area contributed by atoms with Gasteiger partial charge in [-0.15, -0.1) is 11.8 Å². The first kappa shape index (κ1) is 11.8. The monoisotopic (exact) mass is 236 g/mol. The fourth-order valence-corrected chi connectivity index (χ4v) is 2.59. The van der Waals surface area contributed by atoms with Crippen LogP contribution in [0.5, 0.6) is 0 Å². The Labute approximate surface area is 102 Å². The van der Waals surface area contributed by atoms with Gasteiger partial charge >= 0.3 is 0 Å². The van der Waals surface area contributed by atoms with Crippen molar-refractivity contribution in [2.45, 2.75) is 23.8 Å². The van der Waals surface area contributed by atoms with Crippen molar-refractivity contribution in [2.24, 2.45) is 0 Å². The lowest BCUT2D eigenvalue weighted by atomic mass is 10.2. The number of likely N-dealkylation sites (N-methyl/N-ethyl adjacent to an activating group) is 1. The van der Waals surface area contributed by atoms with Crippen LogP contribution in [0.4, 0.5) is 5.69 Å². The Morgan fingerprint density at radius 2 is 2.12 bits per heavy atom. The van der Waals surface area contributed by atoms with Gasteiger partial charge in [-0.25, -0.2) is 0 Å². The van der Waals surface area contributed by atoms with Crippen molar-refractivity contribution < 1.29 is 0 Å². The lowest BCUT2D eigenvalue weighted by Crippen LogP contribution is -2.35. The van der Waals surface area contributed by atoms with E-state index in [4.69, 9.17) is 0 Å². The van der Waals surface area contributed by atoms with E-state index < -0.39 is 0 Å². The molecular formula is C13H20N2S. The molecule has 2 rings (SSSR count). The van der Waals surface area contributed by atoms with E-state index in [0.717, 1.165) is 6.54 Å². The largest absolute Gasteiger partial charge is 0.373 e. The van der Waals surface area contributed by atoms with Crippen molar-refractivity contribution in [1.82, 2.24) is 5.32 Å². The Morgan fingerprint density at radius 3 is 2.69 bits per heavy atom. The van der Waals surface area contributed by atoms with Crippen LogP contribution in [-0.4, -0.2) is 32.4 Å². The summed E-state index contributed by atoms with van der Waals surface area (Å²) < 4.78 is 0. The second-order valence-electron chi connectivity index (χ2n) is 4.37. The Balaban J connectivity index is 1.94. The molecule has 3 heteroatoms. The topological polar surface area (TPSA) is 15.3 Å². The molecule has 0 bridgehead atoms. The summed E-state index contributed by atoms with van der Waals surface area (Å²) in [5.74, 6) is 0. The third-order valence-electron chi connectivity index (χ3n) is 3.17. The number of nitrogens with zero attached hydrogens (tertiary/aromatic N) is 1. The van der Waals surface area contributed by atoms with Gasteiger partial charge in [0.25, 0.3) is 0 Å². The van der Waals surface area contributed by atoms with E-state index in [0.29, 0.717) is 6.04 Å². The molecule has 1 aromatic rings. The Hall–Kier alpha value is -0.670. The molecule has 1 N–H and O–H groups in total. The average Bonchev–Trinajstić information content (AvgIpc) is 2.82. The third kappa shape index (κ3) is 2.92. The highest BCUT2D eigenvalue weighted by molar-refractivity contribution is 7.98. The van der Waals surface area contributed by atoms with Crippen LogP contribution in [0.25, 0.3) is 0 Å². The van der Waals surface area contributed by atoms with E-state index in [9.17, 15) is 0 Å². The first-order chi connectivity index (χ1) is 7.79. The molecule has 1 aromatic carbocycles. The fourth-order valence-electron chi connectivity index (χ4n) is 2.19. The zero-order valence-electron chi connectivity index (χ0n) is 10.1. The van der Waals surface area contributed by atoms with Crippen LogP contribution < -0.4 is 10.2 Å². The lowest BCUT2D eigenvalue weighted by molar-refractivity contribution is 0.600. The van der Waals surface area contributed by atoms with Crippen LogP contribution >= 0.6 is 11.8 Å². The summed E-state index contributed by atoms with van der Waals surface area (Å²) in [7, 11) is 2.17. The molecule has 1 aliphatic rings. The molecule has 0 aliphatic carbocycles. The van der Waals surface area contributed by atoms with Crippen LogP contribution in [0, 0.1) is 0 Å². The average molecular weight is 236 g/mol. The predicted octanol–water partition coefficient (Wildman–Crippen LogP) is 2.60. The van der Waals surface area contributed by atoms with Gasteiger partial charge in [0.15, 0.2) is 0 Å². The maximum atomic E-state index is 3.53. The van der Waals surface area contributed by atoms with Gasteiger partial charge in [-0.05, 0) is 49.9 Å². The maximum absolute atomic E-state index is 3.53. The quantitative estimate of drug-likeness (QED) is 0.809. The van der Waals surface area contributed by atoms with Gasteiger partial charge in [0.05, 0.1) is 0 Å². The molecule has 0 spiro atoms. The van der Waals surface area contributed by atoms with Gasteiger partial charge in [0, 0.05) is 30.2 Å². The number of anilines is 1. The van der Waals surface area contributed by atoms with Crippen LogP contribution in [-0.2, 0) is 0 Å². The van der Waals surface area contributed by atoms with Crippen LogP contribution in [0.1, 0.15) is 12.8 Å². The summed E-state index contributed by atoms with van der Waals surface area (Å²) in [6, 6.07) is 9.48. The first-order valence-corrected chi connectivity index (χ1v) is 7.10. The fraction of sp³-hybridized carbons (Fsp3) is 0.538. The van der Waals surface area contributed by atoms with E-state index in [2.05, 4.69) is 47.8 Å². The van der Waals surface area contributed by atoms with Crippen LogP contribution in [0.2, 0.25) is 0 Å². The third-order valence-corrected chi connectivity index (χ3v) is 3.91. The second kappa shape index (κ2) is 5.60. The Bertz CT molecular complexity index is 317. The van der Waals surface area contributed by atoms with E-state index in [1.165, 1.54) is 30.0 Å². The highest BCUT2D eigenvalue weighted by Gasteiger charge is 2.15. The Kier molecular flexibility index (Phi) is 4.13. The van der Waals surface area contributed by atoms with Gasteiger partial charge in [-0.2, -0.15) is 0 Å². The normalized spacial score (nSPS) is 20.0. The number of rotatable bonds is 4. The molecule has 1 unspecified atom stereocenters. The smallest absolute Gasteiger partial charge is 0.0364 e. The molecule has 0 radical (unpaired) electrons. The van der Waals surface area contributed by atoms with Crippen molar-refractivity contribution >= 4 is 17.4 Å². The molecule has 1 atom stereocenters. The number of hydrogen-bond donors (Lipinski definition) is 1. The molecule has 0 saturated carbocycles. The lowest BCUT2D eigenvalue weighted by Gasteiger charge is -2.23. The highest BCUT2D eigenvalue weighted by Crippen LogP contribution is 2.20. The summed E-state index contributed by atoms with van der Waals surface area (Å²) in [4.78, 5) is 3.67. The number of thioether (sulfide) groups is 1. The molecule has 0 aromatic heterocycles. The van der Waals surface area contributed by atoms with Crippen molar-refractivity contribution in [1.29, 1.82) is 0 Å². The van der Waals surface area contributed by atoms with Gasteiger partial charge in [-0.1, -0.05) is 0 Å². The summed E-state index contributed by atoms with van der Waals surface area (Å²) in [5.41, 5.74) is 1.31. The first-order valence-electron chi connectivity index (χ1n) is 5.88. The zero-order chi connectivity index (χ0) is 11.4. The Morgan fingerprint density at radius 1 is 1.38 bits per heavy atom. The molecule has 1 saturated heterocycles. The summed E-state index contributed by atoms with van der Waals surface area (Å²) in [6.45, 7) is 2.29. The minimum absolute atomic E-state index is 0.672. The van der Waals surface area contributed by atoms with Gasteiger partial charge in [-0.3, -0.25) is 0 Å². The molecule has 1 aliphatic heterocycles. The van der Waals surface area contributed by atoms with Crippen LogP contribution in [0.3, 0.4) is 0 Å². The van der Waals surface area contributed by atoms with Crippen LogP contribution in [0.15, 0.2) is 29.2 Å². The summed E-state index contributed by atoms with van der Waals surface area (Å²) >= 11 is 1.79. The van der Waals surface area contributed by atoms with E-state index >= 15 is 0 Å². The van der Waals surface area contributed by atoms with Crippen molar-refractivity contribution in [2.75, 3.05) is 31.3 Å². The molecule has 1 fully saturated rings. The SMILES string of the molecule is CSc1ccc(N(C)CC2CCCN2)cc1. The molecule has 88 valence electrons. The van der Waals surface area contributed by atoms with E-state index in [1.807, 2.05) is 0 Å². The van der Waals surface area contributed by atoms with Crippen molar-refractivity contribution in [3.8, 4) is 0 Å².